The van der Waals surface area contributed by atoms with Crippen molar-refractivity contribution in [3.63, 3.8) is 0 Å². The fourth-order valence-electron chi connectivity index (χ4n) is 1.16. The Hall–Kier alpha value is -1.63. The second-order valence-electron chi connectivity index (χ2n) is 3.05. The molecule has 0 saturated carbocycles. The van der Waals surface area contributed by atoms with Crippen LogP contribution in [0, 0.1) is 5.21 Å². The molecule has 0 spiro atoms. The third kappa shape index (κ3) is 3.21. The highest BCUT2D eigenvalue weighted by Crippen LogP contribution is 2.20. The fourth-order valence-corrected chi connectivity index (χ4v) is 1.16. The first-order valence-electron chi connectivity index (χ1n) is 4.27. The Balaban J connectivity index is 2.83. The number of nitrogens with one attached hydrogen (secondary N) is 1. The van der Waals surface area contributed by atoms with Gasteiger partial charge in [-0.05, 0) is 18.1 Å². The van der Waals surface area contributed by atoms with Crippen molar-refractivity contribution >= 4 is 11.7 Å². The van der Waals surface area contributed by atoms with Gasteiger partial charge < -0.3 is 15.4 Å². The van der Waals surface area contributed by atoms with Crippen LogP contribution >= 0.6 is 0 Å². The van der Waals surface area contributed by atoms with Crippen molar-refractivity contribution in [1.82, 2.24) is 0 Å². The van der Waals surface area contributed by atoms with E-state index in [1.54, 1.807) is 0 Å². The molecule has 0 amide bonds. The number of hydrogen-bond donors (Lipinski definition) is 4. The number of carboxylic acid groups (broad SMARTS) is 1. The van der Waals surface area contributed by atoms with Gasteiger partial charge in [-0.3, -0.25) is 4.79 Å². The SMILES string of the molecule is O=C(O)CCc1ccc(O)c([NH+]([O-])O)c1. The molecule has 0 radical (unpaired) electrons. The number of benzene rings is 1. The lowest BCUT2D eigenvalue weighted by molar-refractivity contribution is -0.991. The molecule has 1 atom stereocenters. The summed E-state index contributed by atoms with van der Waals surface area (Å²) in [6.45, 7) is 0. The van der Waals surface area contributed by atoms with Crippen LogP contribution in [0.25, 0.3) is 0 Å². The number of aliphatic carboxylic acids is 1. The quantitative estimate of drug-likeness (QED) is 0.410. The largest absolute Gasteiger partial charge is 0.595 e. The predicted molar refractivity (Wildman–Crippen MR) is 49.8 cm³/mol. The standard InChI is InChI=1S/C9H11NO5/c11-8-3-1-6(2-4-9(12)13)5-7(8)10(14)15/h1,3,5,10-11,14H,2,4H2,(H,12,13). The van der Waals surface area contributed by atoms with Crippen molar-refractivity contribution in [2.24, 2.45) is 0 Å². The van der Waals surface area contributed by atoms with E-state index in [1.165, 1.54) is 18.2 Å². The predicted octanol–water partition coefficient (Wildman–Crippen LogP) is -0.187. The van der Waals surface area contributed by atoms with Gasteiger partial charge in [0.1, 0.15) is 0 Å². The molecule has 0 bridgehead atoms. The van der Waals surface area contributed by atoms with Crippen LogP contribution < -0.4 is 5.23 Å². The molecule has 0 aromatic heterocycles. The molecule has 0 aliphatic rings. The normalized spacial score (nSPS) is 12.4. The Morgan fingerprint density at radius 1 is 1.47 bits per heavy atom. The Kier molecular flexibility index (Phi) is 3.62. The number of aryl methyl sites for hydroxylation is 1. The zero-order valence-corrected chi connectivity index (χ0v) is 7.80. The minimum Gasteiger partial charge on any atom is -0.595 e. The number of carbonyl (C=O) groups is 1. The lowest BCUT2D eigenvalue weighted by Gasteiger charge is -2.13. The van der Waals surface area contributed by atoms with E-state index in [0.29, 0.717) is 5.56 Å². The second kappa shape index (κ2) is 4.74. The lowest BCUT2D eigenvalue weighted by atomic mass is 10.1. The number of hydrogen-bond acceptors (Lipinski definition) is 4. The maximum Gasteiger partial charge on any atom is 0.303 e. The van der Waals surface area contributed by atoms with Crippen LogP contribution in [0.1, 0.15) is 12.0 Å². The zero-order chi connectivity index (χ0) is 11.4. The molecule has 4 N–H and O–H groups in total. The molecule has 0 aliphatic heterocycles. The highest BCUT2D eigenvalue weighted by molar-refractivity contribution is 5.67. The van der Waals surface area contributed by atoms with Crippen LogP contribution in [-0.4, -0.2) is 21.4 Å². The highest BCUT2D eigenvalue weighted by Gasteiger charge is 2.09. The van der Waals surface area contributed by atoms with Gasteiger partial charge in [0.25, 0.3) is 0 Å². The van der Waals surface area contributed by atoms with Crippen molar-refractivity contribution in [3.05, 3.63) is 29.0 Å². The van der Waals surface area contributed by atoms with Crippen LogP contribution in [0.3, 0.4) is 0 Å². The molecule has 0 fully saturated rings. The van der Waals surface area contributed by atoms with Gasteiger partial charge in [0.05, 0.1) is 0 Å². The summed E-state index contributed by atoms with van der Waals surface area (Å²) >= 11 is 0. The number of aromatic hydroxyl groups is 1. The van der Waals surface area contributed by atoms with Crippen LogP contribution in [-0.2, 0) is 11.2 Å². The van der Waals surface area contributed by atoms with Gasteiger partial charge in [-0.15, -0.1) is 0 Å². The summed E-state index contributed by atoms with van der Waals surface area (Å²) < 4.78 is 0. The molecule has 1 unspecified atom stereocenters. The Morgan fingerprint density at radius 3 is 2.67 bits per heavy atom. The summed E-state index contributed by atoms with van der Waals surface area (Å²) in [7, 11) is 0. The molecular formula is C9H11NO5. The fraction of sp³-hybridized carbons (Fsp3) is 0.222. The number of phenolic OH excluding ortho intramolecular Hbond substituents is 1. The van der Waals surface area contributed by atoms with Crippen LogP contribution in [0.2, 0.25) is 0 Å². The third-order valence-electron chi connectivity index (χ3n) is 1.92. The molecule has 6 nitrogen and oxygen atoms in total. The summed E-state index contributed by atoms with van der Waals surface area (Å²) in [5, 5.41) is 35.7. The molecular weight excluding hydrogens is 202 g/mol. The van der Waals surface area contributed by atoms with E-state index in [9.17, 15) is 15.1 Å². The van der Waals surface area contributed by atoms with E-state index in [4.69, 9.17) is 10.3 Å². The van der Waals surface area contributed by atoms with Gasteiger partial charge in [-0.1, -0.05) is 6.07 Å². The molecule has 1 rings (SSSR count). The average Bonchev–Trinajstić information content (AvgIpc) is 2.16. The molecule has 0 saturated heterocycles. The summed E-state index contributed by atoms with van der Waals surface area (Å²) in [6, 6.07) is 4.03. The number of quaternary nitrogens is 1. The summed E-state index contributed by atoms with van der Waals surface area (Å²) in [5.41, 5.74) is 0.366. The second-order valence-corrected chi connectivity index (χ2v) is 3.05. The molecule has 0 aliphatic carbocycles. The van der Waals surface area contributed by atoms with Gasteiger partial charge >= 0.3 is 5.97 Å². The smallest absolute Gasteiger partial charge is 0.303 e. The van der Waals surface area contributed by atoms with E-state index in [0.717, 1.165) is 0 Å². The molecule has 15 heavy (non-hydrogen) atoms. The maximum atomic E-state index is 10.6. The van der Waals surface area contributed by atoms with Gasteiger partial charge in [0.2, 0.25) is 5.69 Å². The average molecular weight is 213 g/mol. The van der Waals surface area contributed by atoms with Gasteiger partial charge in [0.15, 0.2) is 5.75 Å². The molecule has 0 heterocycles. The minimum absolute atomic E-state index is 0.0656. The Morgan fingerprint density at radius 2 is 2.13 bits per heavy atom. The lowest BCUT2D eigenvalue weighted by Crippen LogP contribution is -2.99. The van der Waals surface area contributed by atoms with Gasteiger partial charge in [-0.25, -0.2) is 5.21 Å². The minimum atomic E-state index is -1.23. The molecule has 1 aromatic rings. The Bertz CT molecular complexity index is 364. The van der Waals surface area contributed by atoms with Gasteiger partial charge in [-0.2, -0.15) is 5.23 Å². The Labute approximate surface area is 85.5 Å². The van der Waals surface area contributed by atoms with Crippen molar-refractivity contribution in [1.29, 1.82) is 0 Å². The highest BCUT2D eigenvalue weighted by atomic mass is 16.8. The first-order valence-corrected chi connectivity index (χ1v) is 4.27. The number of carboxylic acids is 1. The monoisotopic (exact) mass is 213 g/mol. The van der Waals surface area contributed by atoms with E-state index in [1.807, 2.05) is 0 Å². The zero-order valence-electron chi connectivity index (χ0n) is 7.80. The van der Waals surface area contributed by atoms with Gasteiger partial charge in [0, 0.05) is 12.5 Å². The van der Waals surface area contributed by atoms with E-state index in [-0.39, 0.29) is 24.3 Å². The van der Waals surface area contributed by atoms with Crippen LogP contribution in [0.15, 0.2) is 18.2 Å². The molecule has 1 aromatic carbocycles. The third-order valence-corrected chi connectivity index (χ3v) is 1.92. The van der Waals surface area contributed by atoms with E-state index >= 15 is 0 Å². The first kappa shape index (κ1) is 11.4. The van der Waals surface area contributed by atoms with E-state index < -0.39 is 11.2 Å². The number of phenols is 1. The molecule has 82 valence electrons. The van der Waals surface area contributed by atoms with E-state index in [2.05, 4.69) is 0 Å². The van der Waals surface area contributed by atoms with Crippen molar-refractivity contribution in [2.75, 3.05) is 0 Å². The summed E-state index contributed by atoms with van der Waals surface area (Å²) in [4.78, 5) is 10.3. The first-order chi connectivity index (χ1) is 7.00. The van der Waals surface area contributed by atoms with Crippen LogP contribution in [0.5, 0.6) is 5.75 Å². The van der Waals surface area contributed by atoms with Crippen molar-refractivity contribution in [3.8, 4) is 5.75 Å². The summed E-state index contributed by atoms with van der Waals surface area (Å²) in [6.07, 6.45) is 0.180. The summed E-state index contributed by atoms with van der Waals surface area (Å²) in [5.74, 6) is -1.26. The molecule has 6 heteroatoms. The number of rotatable bonds is 4. The maximum absolute atomic E-state index is 10.6. The van der Waals surface area contributed by atoms with Crippen molar-refractivity contribution < 1.29 is 25.4 Å². The van der Waals surface area contributed by atoms with Crippen LogP contribution in [0.4, 0.5) is 5.69 Å². The topological polar surface area (TPSA) is 105 Å². The van der Waals surface area contributed by atoms with Crippen molar-refractivity contribution in [2.45, 2.75) is 12.8 Å².